The Morgan fingerprint density at radius 2 is 2.21 bits per heavy atom. The summed E-state index contributed by atoms with van der Waals surface area (Å²) in [6, 6.07) is 3.97. The van der Waals surface area contributed by atoms with Crippen molar-refractivity contribution in [2.45, 2.75) is 38.6 Å². The van der Waals surface area contributed by atoms with Crippen molar-refractivity contribution in [3.05, 3.63) is 22.4 Å². The summed E-state index contributed by atoms with van der Waals surface area (Å²) < 4.78 is 0. The molecule has 0 saturated heterocycles. The molecule has 1 heterocycles. The van der Waals surface area contributed by atoms with Crippen molar-refractivity contribution in [3.8, 4) is 0 Å². The monoisotopic (exact) mass is 281 g/mol. The molecule has 1 aromatic rings. The molecule has 0 spiro atoms. The quantitative estimate of drug-likeness (QED) is 0.872. The van der Waals surface area contributed by atoms with Crippen LogP contribution in [0, 0.1) is 11.8 Å². The minimum absolute atomic E-state index is 0.00236. The SMILES string of the molecule is CCC(NC(=O)[C@@H]1CCC[C@@H]1C(=O)O)c1cccs1. The van der Waals surface area contributed by atoms with E-state index in [1.54, 1.807) is 11.3 Å². The number of thiophene rings is 1. The first-order valence-electron chi connectivity index (χ1n) is 6.70. The summed E-state index contributed by atoms with van der Waals surface area (Å²) in [5, 5.41) is 14.1. The molecule has 1 aliphatic rings. The Kier molecular flexibility index (Phi) is 4.58. The third-order valence-electron chi connectivity index (χ3n) is 3.78. The molecule has 0 bridgehead atoms. The summed E-state index contributed by atoms with van der Waals surface area (Å²) in [4.78, 5) is 24.5. The van der Waals surface area contributed by atoms with Gasteiger partial charge >= 0.3 is 5.97 Å². The lowest BCUT2D eigenvalue weighted by Gasteiger charge is -2.20. The van der Waals surface area contributed by atoms with Gasteiger partial charge < -0.3 is 10.4 Å². The van der Waals surface area contributed by atoms with Gasteiger partial charge in [0.1, 0.15) is 0 Å². The van der Waals surface area contributed by atoms with Crippen LogP contribution in [0.5, 0.6) is 0 Å². The van der Waals surface area contributed by atoms with Crippen LogP contribution in [0.1, 0.15) is 43.5 Å². The van der Waals surface area contributed by atoms with Crippen molar-refractivity contribution in [1.29, 1.82) is 0 Å². The molecule has 0 aromatic carbocycles. The maximum atomic E-state index is 12.3. The number of nitrogens with one attached hydrogen (secondary N) is 1. The third-order valence-corrected chi connectivity index (χ3v) is 4.77. The average Bonchev–Trinajstić information content (AvgIpc) is 3.05. The number of carboxylic acids is 1. The van der Waals surface area contributed by atoms with Crippen LogP contribution in [0.15, 0.2) is 17.5 Å². The van der Waals surface area contributed by atoms with Gasteiger partial charge in [-0.2, -0.15) is 0 Å². The van der Waals surface area contributed by atoms with Crippen molar-refractivity contribution >= 4 is 23.2 Å². The van der Waals surface area contributed by atoms with Crippen LogP contribution >= 0.6 is 11.3 Å². The highest BCUT2D eigenvalue weighted by Crippen LogP contribution is 2.33. The largest absolute Gasteiger partial charge is 0.481 e. The molecule has 1 amide bonds. The Labute approximate surface area is 116 Å². The number of carboxylic acid groups (broad SMARTS) is 1. The predicted molar refractivity (Wildman–Crippen MR) is 74.0 cm³/mol. The minimum atomic E-state index is -0.846. The summed E-state index contributed by atoms with van der Waals surface area (Å²) in [6.07, 6.45) is 2.94. The van der Waals surface area contributed by atoms with Gasteiger partial charge in [-0.15, -0.1) is 11.3 Å². The summed E-state index contributed by atoms with van der Waals surface area (Å²) in [5.74, 6) is -1.83. The van der Waals surface area contributed by atoms with Crippen molar-refractivity contribution in [3.63, 3.8) is 0 Å². The van der Waals surface area contributed by atoms with E-state index in [0.29, 0.717) is 12.8 Å². The molecule has 104 valence electrons. The summed E-state index contributed by atoms with van der Waals surface area (Å²) in [6.45, 7) is 2.02. The van der Waals surface area contributed by atoms with Crippen LogP contribution in [0.4, 0.5) is 0 Å². The summed E-state index contributed by atoms with van der Waals surface area (Å²) in [7, 11) is 0. The zero-order valence-electron chi connectivity index (χ0n) is 11.0. The Hall–Kier alpha value is -1.36. The van der Waals surface area contributed by atoms with E-state index in [0.717, 1.165) is 17.7 Å². The third kappa shape index (κ3) is 3.15. The van der Waals surface area contributed by atoms with Gasteiger partial charge in [-0.1, -0.05) is 19.4 Å². The van der Waals surface area contributed by atoms with E-state index < -0.39 is 11.9 Å². The van der Waals surface area contributed by atoms with Gasteiger partial charge in [0, 0.05) is 4.88 Å². The lowest BCUT2D eigenvalue weighted by atomic mass is 9.95. The maximum Gasteiger partial charge on any atom is 0.307 e. The molecule has 0 radical (unpaired) electrons. The second-order valence-corrected chi connectivity index (χ2v) is 5.95. The van der Waals surface area contributed by atoms with E-state index in [-0.39, 0.29) is 17.9 Å². The molecular weight excluding hydrogens is 262 g/mol. The van der Waals surface area contributed by atoms with Gasteiger partial charge in [-0.3, -0.25) is 9.59 Å². The number of rotatable bonds is 5. The smallest absolute Gasteiger partial charge is 0.307 e. The number of carbonyl (C=O) groups is 2. The van der Waals surface area contributed by atoms with E-state index in [4.69, 9.17) is 5.11 Å². The van der Waals surface area contributed by atoms with Crippen LogP contribution in [0.3, 0.4) is 0 Å². The van der Waals surface area contributed by atoms with Gasteiger partial charge in [0.05, 0.1) is 17.9 Å². The van der Waals surface area contributed by atoms with Gasteiger partial charge in [0.25, 0.3) is 0 Å². The zero-order valence-corrected chi connectivity index (χ0v) is 11.8. The first kappa shape index (κ1) is 14.1. The van der Waals surface area contributed by atoms with Crippen molar-refractivity contribution < 1.29 is 14.7 Å². The van der Waals surface area contributed by atoms with Crippen LogP contribution < -0.4 is 5.32 Å². The number of aliphatic carboxylic acids is 1. The van der Waals surface area contributed by atoms with Crippen LogP contribution in [-0.4, -0.2) is 17.0 Å². The standard InChI is InChI=1S/C14H19NO3S/c1-2-11(12-7-4-8-19-12)15-13(16)9-5-3-6-10(9)14(17)18/h4,7-11H,2-3,5-6H2,1H3,(H,15,16)(H,17,18)/t9-,10+,11?/m1/s1. The Balaban J connectivity index is 2.02. The average molecular weight is 281 g/mol. The van der Waals surface area contributed by atoms with Crippen LogP contribution in [0.25, 0.3) is 0 Å². The maximum absolute atomic E-state index is 12.3. The molecule has 0 aliphatic heterocycles. The Bertz CT molecular complexity index is 444. The molecule has 1 aliphatic carbocycles. The highest BCUT2D eigenvalue weighted by Gasteiger charge is 2.38. The number of carbonyl (C=O) groups excluding carboxylic acids is 1. The van der Waals surface area contributed by atoms with Gasteiger partial charge in [0.2, 0.25) is 5.91 Å². The molecule has 1 aromatic heterocycles. The second kappa shape index (κ2) is 6.19. The summed E-state index contributed by atoms with van der Waals surface area (Å²) in [5.41, 5.74) is 0. The molecule has 1 fully saturated rings. The van der Waals surface area contributed by atoms with Crippen molar-refractivity contribution in [2.24, 2.45) is 11.8 Å². The lowest BCUT2D eigenvalue weighted by molar-refractivity contribution is -0.146. The van der Waals surface area contributed by atoms with Gasteiger partial charge in [-0.25, -0.2) is 0 Å². The fraction of sp³-hybridized carbons (Fsp3) is 0.571. The first-order chi connectivity index (χ1) is 9.13. The molecule has 3 atom stereocenters. The number of hydrogen-bond acceptors (Lipinski definition) is 3. The van der Waals surface area contributed by atoms with Crippen molar-refractivity contribution in [2.75, 3.05) is 0 Å². The number of hydrogen-bond donors (Lipinski definition) is 2. The fourth-order valence-electron chi connectivity index (χ4n) is 2.71. The van der Waals surface area contributed by atoms with Crippen molar-refractivity contribution in [1.82, 2.24) is 5.32 Å². The Morgan fingerprint density at radius 3 is 2.79 bits per heavy atom. The minimum Gasteiger partial charge on any atom is -0.481 e. The van der Waals surface area contributed by atoms with Gasteiger partial charge in [0.15, 0.2) is 0 Å². The zero-order chi connectivity index (χ0) is 13.8. The van der Waals surface area contributed by atoms with Gasteiger partial charge in [-0.05, 0) is 30.7 Å². The summed E-state index contributed by atoms with van der Waals surface area (Å²) >= 11 is 1.62. The Morgan fingerprint density at radius 1 is 1.47 bits per heavy atom. The van der Waals surface area contributed by atoms with E-state index in [9.17, 15) is 9.59 Å². The highest BCUT2D eigenvalue weighted by atomic mass is 32.1. The normalized spacial score (nSPS) is 24.1. The number of amides is 1. The second-order valence-electron chi connectivity index (χ2n) is 4.97. The molecular formula is C14H19NO3S. The predicted octanol–water partition coefficient (Wildman–Crippen LogP) is 2.82. The molecule has 1 unspecified atom stereocenters. The molecule has 19 heavy (non-hydrogen) atoms. The van der Waals surface area contributed by atoms with Crippen LogP contribution in [0.2, 0.25) is 0 Å². The topological polar surface area (TPSA) is 66.4 Å². The first-order valence-corrected chi connectivity index (χ1v) is 7.58. The van der Waals surface area contributed by atoms with E-state index in [1.807, 2.05) is 24.4 Å². The molecule has 2 N–H and O–H groups in total. The van der Waals surface area contributed by atoms with E-state index >= 15 is 0 Å². The molecule has 5 heteroatoms. The highest BCUT2D eigenvalue weighted by molar-refractivity contribution is 7.10. The molecule has 2 rings (SSSR count). The van der Waals surface area contributed by atoms with E-state index in [2.05, 4.69) is 5.32 Å². The van der Waals surface area contributed by atoms with Crippen LogP contribution in [-0.2, 0) is 9.59 Å². The molecule has 1 saturated carbocycles. The van der Waals surface area contributed by atoms with E-state index in [1.165, 1.54) is 0 Å². The lowest BCUT2D eigenvalue weighted by Crippen LogP contribution is -2.37. The molecule has 4 nitrogen and oxygen atoms in total. The fourth-order valence-corrected chi connectivity index (χ4v) is 3.57.